The standard InChI is InChI=1S/C21H25ClN2O6S/c1-21(2,3)30-20(27)23-15-17(25)24-16(13(9-22)11-31-18(15)24)19(26)29-10-12-5-7-14(28-4)8-6-12/h5-8,15,18H,9-11H2,1-4H3,(H,23,27)/t15-,18?/m1/s1. The molecule has 168 valence electrons. The number of rotatable bonds is 6. The van der Waals surface area contributed by atoms with Crippen LogP contribution in [-0.2, 0) is 25.7 Å². The lowest BCUT2D eigenvalue weighted by Gasteiger charge is -2.49. The third kappa shape index (κ3) is 5.27. The van der Waals surface area contributed by atoms with E-state index in [1.54, 1.807) is 52.1 Å². The van der Waals surface area contributed by atoms with E-state index in [9.17, 15) is 14.4 Å². The number of carbonyl (C=O) groups excluding carboxylic acids is 3. The van der Waals surface area contributed by atoms with Crippen molar-refractivity contribution in [3.63, 3.8) is 0 Å². The van der Waals surface area contributed by atoms with E-state index in [0.29, 0.717) is 17.1 Å². The SMILES string of the molecule is COc1ccc(COC(=O)C2=C(CCl)CSC3[C@H](NC(=O)OC(C)(C)C)C(=O)N23)cc1. The lowest BCUT2D eigenvalue weighted by molar-refractivity contribution is -0.152. The van der Waals surface area contributed by atoms with Crippen molar-refractivity contribution in [3.8, 4) is 5.75 Å². The number of alkyl halides is 1. The Morgan fingerprint density at radius 1 is 1.26 bits per heavy atom. The molecule has 1 N–H and O–H groups in total. The molecule has 31 heavy (non-hydrogen) atoms. The fraction of sp³-hybridized carbons (Fsp3) is 0.476. The Morgan fingerprint density at radius 2 is 1.94 bits per heavy atom. The first-order valence-electron chi connectivity index (χ1n) is 9.67. The van der Waals surface area contributed by atoms with Gasteiger partial charge in [0, 0.05) is 11.6 Å². The quantitative estimate of drug-likeness (QED) is 0.389. The molecule has 1 aromatic rings. The first-order chi connectivity index (χ1) is 14.6. The predicted molar refractivity (Wildman–Crippen MR) is 117 cm³/mol. The molecule has 2 aliphatic heterocycles. The number of hydrogen-bond acceptors (Lipinski definition) is 7. The molecule has 1 unspecified atom stereocenters. The van der Waals surface area contributed by atoms with Gasteiger partial charge in [-0.1, -0.05) is 12.1 Å². The Labute approximate surface area is 190 Å². The van der Waals surface area contributed by atoms with Crippen molar-refractivity contribution in [1.29, 1.82) is 0 Å². The van der Waals surface area contributed by atoms with Gasteiger partial charge >= 0.3 is 12.1 Å². The van der Waals surface area contributed by atoms with Crippen LogP contribution in [0.1, 0.15) is 26.3 Å². The number of halogens is 1. The van der Waals surface area contributed by atoms with Crippen LogP contribution < -0.4 is 10.1 Å². The summed E-state index contributed by atoms with van der Waals surface area (Å²) in [7, 11) is 1.57. The highest BCUT2D eigenvalue weighted by molar-refractivity contribution is 8.00. The number of methoxy groups -OCH3 is 1. The normalized spacial score (nSPS) is 20.5. The molecule has 2 amide bonds. The summed E-state index contributed by atoms with van der Waals surface area (Å²) in [6, 6.07) is 6.34. The number of thioether (sulfide) groups is 1. The van der Waals surface area contributed by atoms with Crippen LogP contribution in [0.3, 0.4) is 0 Å². The summed E-state index contributed by atoms with van der Waals surface area (Å²) in [5, 5.41) is 2.17. The number of esters is 1. The van der Waals surface area contributed by atoms with E-state index in [4.69, 9.17) is 25.8 Å². The van der Waals surface area contributed by atoms with Gasteiger partial charge in [0.1, 0.15) is 35.1 Å². The summed E-state index contributed by atoms with van der Waals surface area (Å²) in [5.74, 6) is 0.227. The van der Waals surface area contributed by atoms with Gasteiger partial charge in [0.25, 0.3) is 5.91 Å². The van der Waals surface area contributed by atoms with Crippen LogP contribution in [0, 0.1) is 0 Å². The number of amides is 2. The summed E-state index contributed by atoms with van der Waals surface area (Å²) < 4.78 is 15.8. The molecule has 2 atom stereocenters. The molecule has 3 rings (SSSR count). The molecule has 1 aromatic carbocycles. The number of ether oxygens (including phenoxy) is 3. The van der Waals surface area contributed by atoms with Crippen LogP contribution in [0.4, 0.5) is 4.79 Å². The largest absolute Gasteiger partial charge is 0.497 e. The summed E-state index contributed by atoms with van der Waals surface area (Å²) in [4.78, 5) is 39.0. The Bertz CT molecular complexity index is 896. The van der Waals surface area contributed by atoms with Crippen LogP contribution in [-0.4, -0.2) is 58.6 Å². The first-order valence-corrected chi connectivity index (χ1v) is 11.2. The van der Waals surface area contributed by atoms with E-state index in [2.05, 4.69) is 5.32 Å². The number of alkyl carbamates (subject to hydrolysis) is 1. The van der Waals surface area contributed by atoms with E-state index >= 15 is 0 Å². The van der Waals surface area contributed by atoms with E-state index in [0.717, 1.165) is 5.56 Å². The average molecular weight is 469 g/mol. The molecular formula is C21H25ClN2O6S. The third-order valence-corrected chi connectivity index (χ3v) is 6.27. The van der Waals surface area contributed by atoms with Crippen molar-refractivity contribution in [1.82, 2.24) is 10.2 Å². The molecule has 2 heterocycles. The average Bonchev–Trinajstić information content (AvgIpc) is 2.73. The molecule has 8 nitrogen and oxygen atoms in total. The lowest BCUT2D eigenvalue weighted by Crippen LogP contribution is -2.70. The maximum atomic E-state index is 12.8. The van der Waals surface area contributed by atoms with E-state index in [1.165, 1.54) is 16.7 Å². The van der Waals surface area contributed by atoms with Crippen LogP contribution in [0.15, 0.2) is 35.5 Å². The minimum Gasteiger partial charge on any atom is -0.497 e. The topological polar surface area (TPSA) is 94.2 Å². The molecular weight excluding hydrogens is 444 g/mol. The lowest BCUT2D eigenvalue weighted by atomic mass is 10.0. The zero-order chi connectivity index (χ0) is 22.8. The summed E-state index contributed by atoms with van der Waals surface area (Å²) in [5.41, 5.74) is 0.868. The van der Waals surface area contributed by atoms with Crippen molar-refractivity contribution in [2.75, 3.05) is 18.7 Å². The van der Waals surface area contributed by atoms with Gasteiger partial charge in [-0.25, -0.2) is 9.59 Å². The van der Waals surface area contributed by atoms with Gasteiger partial charge in [-0.15, -0.1) is 23.4 Å². The third-order valence-electron chi connectivity index (χ3n) is 4.60. The van der Waals surface area contributed by atoms with Crippen molar-refractivity contribution in [2.24, 2.45) is 0 Å². The number of nitrogens with one attached hydrogen (secondary N) is 1. The Kier molecular flexibility index (Phi) is 7.06. The van der Waals surface area contributed by atoms with Gasteiger partial charge in [0.05, 0.1) is 7.11 Å². The maximum absolute atomic E-state index is 12.8. The van der Waals surface area contributed by atoms with Gasteiger partial charge in [-0.3, -0.25) is 9.69 Å². The molecule has 1 saturated heterocycles. The van der Waals surface area contributed by atoms with Crippen molar-refractivity contribution in [2.45, 2.75) is 44.4 Å². The van der Waals surface area contributed by atoms with Gasteiger partial charge in [-0.05, 0) is 44.0 Å². The highest BCUT2D eigenvalue weighted by Gasteiger charge is 2.54. The fourth-order valence-corrected chi connectivity index (χ4v) is 4.83. The minimum absolute atomic E-state index is 0.0430. The second-order valence-corrected chi connectivity index (χ2v) is 9.42. The number of hydrogen-bond donors (Lipinski definition) is 1. The second-order valence-electron chi connectivity index (χ2n) is 8.04. The van der Waals surface area contributed by atoms with Crippen LogP contribution in [0.5, 0.6) is 5.75 Å². The number of carbonyl (C=O) groups is 3. The Balaban J connectivity index is 1.68. The second kappa shape index (κ2) is 9.40. The monoisotopic (exact) mass is 468 g/mol. The zero-order valence-electron chi connectivity index (χ0n) is 17.8. The minimum atomic E-state index is -0.777. The summed E-state index contributed by atoms with van der Waals surface area (Å²) in [6.45, 7) is 5.26. The van der Waals surface area contributed by atoms with E-state index in [-0.39, 0.29) is 18.2 Å². The number of benzene rings is 1. The fourth-order valence-electron chi connectivity index (χ4n) is 3.15. The van der Waals surface area contributed by atoms with E-state index < -0.39 is 35.0 Å². The Morgan fingerprint density at radius 3 is 2.52 bits per heavy atom. The summed E-state index contributed by atoms with van der Waals surface area (Å²) in [6.07, 6.45) is -0.679. The molecule has 0 radical (unpaired) electrons. The molecule has 0 aliphatic carbocycles. The molecule has 0 saturated carbocycles. The smallest absolute Gasteiger partial charge is 0.408 e. The van der Waals surface area contributed by atoms with Gasteiger partial charge < -0.3 is 19.5 Å². The molecule has 1 fully saturated rings. The van der Waals surface area contributed by atoms with Gasteiger partial charge in [-0.2, -0.15) is 0 Å². The van der Waals surface area contributed by atoms with Crippen LogP contribution >= 0.6 is 23.4 Å². The van der Waals surface area contributed by atoms with Crippen molar-refractivity contribution < 1.29 is 28.6 Å². The number of fused-ring (bicyclic) bond motifs is 1. The molecule has 10 heteroatoms. The van der Waals surface area contributed by atoms with Crippen molar-refractivity contribution >= 4 is 41.3 Å². The predicted octanol–water partition coefficient (Wildman–Crippen LogP) is 3.04. The highest BCUT2D eigenvalue weighted by Crippen LogP contribution is 2.41. The first kappa shape index (κ1) is 23.3. The maximum Gasteiger partial charge on any atom is 0.408 e. The summed E-state index contributed by atoms with van der Waals surface area (Å²) >= 11 is 7.46. The zero-order valence-corrected chi connectivity index (χ0v) is 19.3. The highest BCUT2D eigenvalue weighted by atomic mass is 35.5. The van der Waals surface area contributed by atoms with E-state index in [1.807, 2.05) is 0 Å². The molecule has 0 bridgehead atoms. The van der Waals surface area contributed by atoms with Gasteiger partial charge in [0.15, 0.2) is 0 Å². The molecule has 2 aliphatic rings. The Hall–Kier alpha value is -2.39. The number of nitrogens with zero attached hydrogens (tertiary/aromatic N) is 1. The van der Waals surface area contributed by atoms with Crippen molar-refractivity contribution in [3.05, 3.63) is 41.1 Å². The van der Waals surface area contributed by atoms with Gasteiger partial charge in [0.2, 0.25) is 0 Å². The number of β-lactam (4-membered cyclic amide) rings is 1. The van der Waals surface area contributed by atoms with Crippen LogP contribution in [0.2, 0.25) is 0 Å². The molecule has 0 aromatic heterocycles. The van der Waals surface area contributed by atoms with Crippen LogP contribution in [0.25, 0.3) is 0 Å². The molecule has 0 spiro atoms.